The highest BCUT2D eigenvalue weighted by molar-refractivity contribution is 5.99. The van der Waals surface area contributed by atoms with E-state index in [9.17, 15) is 9.59 Å². The number of amides is 1. The molecule has 2 rings (SSSR count). The van der Waals surface area contributed by atoms with Gasteiger partial charge in [0, 0.05) is 30.9 Å². The molecule has 0 fully saturated rings. The zero-order valence-corrected chi connectivity index (χ0v) is 16.5. The fourth-order valence-corrected chi connectivity index (χ4v) is 2.22. The van der Waals surface area contributed by atoms with Crippen LogP contribution < -0.4 is 15.4 Å². The maximum Gasteiger partial charge on any atom is 0.227 e. The molecule has 0 aliphatic carbocycles. The number of aromatic nitrogens is 2. The molecule has 1 unspecified atom stereocenters. The van der Waals surface area contributed by atoms with E-state index in [0.29, 0.717) is 35.9 Å². The van der Waals surface area contributed by atoms with Crippen molar-refractivity contribution in [3.05, 3.63) is 41.5 Å². The Labute approximate surface area is 164 Å². The number of rotatable bonds is 10. The van der Waals surface area contributed by atoms with Gasteiger partial charge < -0.3 is 19.9 Å². The molecular formula is C18H25ClN4O4. The monoisotopic (exact) mass is 396 g/mol. The van der Waals surface area contributed by atoms with Gasteiger partial charge in [0.15, 0.2) is 11.6 Å². The molecule has 0 aliphatic heterocycles. The number of Topliss-reactive ketones (excluding diaryl/α,β-unsaturated/α-hetero) is 1. The smallest absolute Gasteiger partial charge is 0.227 e. The first-order valence-electron chi connectivity index (χ1n) is 8.44. The van der Waals surface area contributed by atoms with E-state index >= 15 is 0 Å². The summed E-state index contributed by atoms with van der Waals surface area (Å²) in [5.74, 6) is 1.29. The van der Waals surface area contributed by atoms with Crippen LogP contribution in [-0.2, 0) is 17.6 Å². The van der Waals surface area contributed by atoms with E-state index < -0.39 is 0 Å². The minimum absolute atomic E-state index is 0. The Morgan fingerprint density at radius 1 is 1.26 bits per heavy atom. The quantitative estimate of drug-likeness (QED) is 0.587. The van der Waals surface area contributed by atoms with Gasteiger partial charge in [-0.2, -0.15) is 4.98 Å². The van der Waals surface area contributed by atoms with Crippen LogP contribution in [0.1, 0.15) is 35.4 Å². The van der Waals surface area contributed by atoms with Gasteiger partial charge in [0.25, 0.3) is 0 Å². The van der Waals surface area contributed by atoms with Crippen molar-refractivity contribution in [2.75, 3.05) is 20.7 Å². The van der Waals surface area contributed by atoms with Gasteiger partial charge in [-0.05, 0) is 38.2 Å². The minimum Gasteiger partial charge on any atom is -0.497 e. The molecule has 1 heterocycles. The predicted molar refractivity (Wildman–Crippen MR) is 102 cm³/mol. The number of carbonyl (C=O) groups is 2. The number of aryl methyl sites for hydroxylation is 1. The van der Waals surface area contributed by atoms with E-state index in [1.54, 1.807) is 31.4 Å². The third kappa shape index (κ3) is 7.36. The van der Waals surface area contributed by atoms with Crippen LogP contribution in [0.3, 0.4) is 0 Å². The summed E-state index contributed by atoms with van der Waals surface area (Å²) in [7, 11) is 3.42. The van der Waals surface area contributed by atoms with Gasteiger partial charge in [0.05, 0.1) is 13.7 Å². The summed E-state index contributed by atoms with van der Waals surface area (Å²) in [6.07, 6.45) is 1.17. The van der Waals surface area contributed by atoms with Gasteiger partial charge in [0.1, 0.15) is 5.75 Å². The summed E-state index contributed by atoms with van der Waals surface area (Å²) in [6.45, 7) is 1.96. The summed E-state index contributed by atoms with van der Waals surface area (Å²) in [5, 5.41) is 9.59. The molecule has 1 aromatic heterocycles. The molecule has 2 N–H and O–H groups in total. The van der Waals surface area contributed by atoms with Crippen molar-refractivity contribution in [1.29, 1.82) is 0 Å². The Morgan fingerprint density at radius 3 is 2.59 bits per heavy atom. The van der Waals surface area contributed by atoms with Crippen LogP contribution in [-0.4, -0.2) is 48.6 Å². The number of benzene rings is 1. The van der Waals surface area contributed by atoms with Gasteiger partial charge in [-0.15, -0.1) is 12.4 Å². The first kappa shape index (κ1) is 22.6. The van der Waals surface area contributed by atoms with Crippen molar-refractivity contribution in [1.82, 2.24) is 20.8 Å². The van der Waals surface area contributed by atoms with Crippen LogP contribution in [0.2, 0.25) is 0 Å². The van der Waals surface area contributed by atoms with E-state index in [1.165, 1.54) is 0 Å². The van der Waals surface area contributed by atoms with E-state index in [-0.39, 0.29) is 43.1 Å². The molecule has 27 heavy (non-hydrogen) atoms. The van der Waals surface area contributed by atoms with E-state index in [4.69, 9.17) is 9.26 Å². The molecule has 0 spiro atoms. The number of hydrogen-bond donors (Lipinski definition) is 2. The maximum atomic E-state index is 12.1. The largest absolute Gasteiger partial charge is 0.497 e. The molecule has 8 nitrogen and oxygen atoms in total. The maximum absolute atomic E-state index is 12.1. The molecule has 1 atom stereocenters. The number of nitrogens with zero attached hydrogens (tertiary/aromatic N) is 2. The Morgan fingerprint density at radius 2 is 1.96 bits per heavy atom. The van der Waals surface area contributed by atoms with Crippen molar-refractivity contribution >= 4 is 24.1 Å². The highest BCUT2D eigenvalue weighted by Gasteiger charge is 2.12. The molecule has 0 saturated heterocycles. The van der Waals surface area contributed by atoms with Gasteiger partial charge in [0.2, 0.25) is 11.8 Å². The fourth-order valence-electron chi connectivity index (χ4n) is 2.22. The first-order chi connectivity index (χ1) is 12.5. The average Bonchev–Trinajstić information content (AvgIpc) is 3.11. The van der Waals surface area contributed by atoms with Crippen molar-refractivity contribution in [3.8, 4) is 5.75 Å². The van der Waals surface area contributed by atoms with Crippen LogP contribution >= 0.6 is 12.4 Å². The number of ketones is 1. The molecule has 0 aliphatic rings. The molecule has 0 saturated carbocycles. The third-order valence-electron chi connectivity index (χ3n) is 3.92. The number of ether oxygens (including phenoxy) is 1. The van der Waals surface area contributed by atoms with E-state index in [2.05, 4.69) is 20.8 Å². The van der Waals surface area contributed by atoms with Crippen molar-refractivity contribution in [2.45, 2.75) is 32.2 Å². The molecule has 1 amide bonds. The molecule has 148 valence electrons. The van der Waals surface area contributed by atoms with Gasteiger partial charge in [-0.25, -0.2) is 0 Å². The zero-order chi connectivity index (χ0) is 18.9. The second-order valence-corrected chi connectivity index (χ2v) is 5.93. The van der Waals surface area contributed by atoms with Gasteiger partial charge in [-0.1, -0.05) is 5.16 Å². The number of halogens is 1. The first-order valence-corrected chi connectivity index (χ1v) is 8.44. The Hall–Kier alpha value is -2.45. The summed E-state index contributed by atoms with van der Waals surface area (Å²) in [5.41, 5.74) is 0.520. The van der Waals surface area contributed by atoms with Crippen LogP contribution in [0.5, 0.6) is 5.75 Å². The topological polar surface area (TPSA) is 106 Å². The molecule has 2 aromatic rings. The normalized spacial score (nSPS) is 11.4. The molecular weight excluding hydrogens is 372 g/mol. The van der Waals surface area contributed by atoms with Crippen LogP contribution in [0.4, 0.5) is 0 Å². The molecule has 9 heteroatoms. The second-order valence-electron chi connectivity index (χ2n) is 5.93. The SMILES string of the molecule is CNC(C)Cc1noc(CCC(=O)NCC(=O)c2ccc(OC)cc2)n1.Cl. The Balaban J connectivity index is 0.00000364. The van der Waals surface area contributed by atoms with Crippen LogP contribution in [0, 0.1) is 0 Å². The van der Waals surface area contributed by atoms with E-state index in [0.717, 1.165) is 0 Å². The standard InChI is InChI=1S/C18H24N4O4.ClH/c1-12(19-2)10-16-21-18(26-22-16)9-8-17(24)20-11-15(23)13-4-6-14(25-3)7-5-13;/h4-7,12,19H,8-11H2,1-3H3,(H,20,24);1H. The van der Waals surface area contributed by atoms with Crippen LogP contribution in [0.15, 0.2) is 28.8 Å². The summed E-state index contributed by atoms with van der Waals surface area (Å²) >= 11 is 0. The highest BCUT2D eigenvalue weighted by Crippen LogP contribution is 2.11. The predicted octanol–water partition coefficient (Wildman–Crippen LogP) is 1.58. The molecule has 1 aromatic carbocycles. The number of likely N-dealkylation sites (N-methyl/N-ethyl adjacent to an activating group) is 1. The fraction of sp³-hybridized carbons (Fsp3) is 0.444. The number of hydrogen-bond acceptors (Lipinski definition) is 7. The highest BCUT2D eigenvalue weighted by atomic mass is 35.5. The van der Waals surface area contributed by atoms with E-state index in [1.807, 2.05) is 14.0 Å². The minimum atomic E-state index is -0.241. The van der Waals surface area contributed by atoms with Crippen molar-refractivity contribution in [2.24, 2.45) is 0 Å². The lowest BCUT2D eigenvalue weighted by atomic mass is 10.1. The summed E-state index contributed by atoms with van der Waals surface area (Å²) in [6, 6.07) is 6.99. The molecule has 0 radical (unpaired) electrons. The van der Waals surface area contributed by atoms with Crippen molar-refractivity contribution < 1.29 is 18.8 Å². The second kappa shape index (κ2) is 11.3. The number of nitrogens with one attached hydrogen (secondary N) is 2. The number of carbonyl (C=O) groups excluding carboxylic acids is 2. The Kier molecular flexibility index (Phi) is 9.46. The lowest BCUT2D eigenvalue weighted by Gasteiger charge is -2.05. The van der Waals surface area contributed by atoms with Crippen LogP contribution in [0.25, 0.3) is 0 Å². The van der Waals surface area contributed by atoms with Gasteiger partial charge >= 0.3 is 0 Å². The number of methoxy groups -OCH3 is 1. The molecule has 0 bridgehead atoms. The lowest BCUT2D eigenvalue weighted by molar-refractivity contribution is -0.120. The zero-order valence-electron chi connectivity index (χ0n) is 15.7. The van der Waals surface area contributed by atoms with Gasteiger partial charge in [-0.3, -0.25) is 9.59 Å². The third-order valence-corrected chi connectivity index (χ3v) is 3.92. The summed E-state index contributed by atoms with van der Waals surface area (Å²) in [4.78, 5) is 28.2. The average molecular weight is 397 g/mol. The van der Waals surface area contributed by atoms with Crippen molar-refractivity contribution in [3.63, 3.8) is 0 Å². The summed E-state index contributed by atoms with van der Waals surface area (Å²) < 4.78 is 10.2. The lowest BCUT2D eigenvalue weighted by Crippen LogP contribution is -2.29. The Bertz CT molecular complexity index is 733.